The molecule has 140 valence electrons. The maximum Gasteiger partial charge on any atom is 0.322 e. The molecule has 0 aliphatic carbocycles. The topological polar surface area (TPSA) is 115 Å². The van der Waals surface area contributed by atoms with Crippen LogP contribution in [0.1, 0.15) is 37.7 Å². The average molecular weight is 398 g/mol. The van der Waals surface area contributed by atoms with E-state index < -0.39 is 22.0 Å². The summed E-state index contributed by atoms with van der Waals surface area (Å²) in [6.45, 7) is 0.954. The monoisotopic (exact) mass is 398 g/mol. The molecule has 2 fully saturated rings. The maximum absolute atomic E-state index is 12.7. The number of rotatable bonds is 5. The number of carbonyl (C=O) groups excluding carboxylic acids is 1. The molecule has 0 bridgehead atoms. The van der Waals surface area contributed by atoms with Crippen molar-refractivity contribution in [1.82, 2.24) is 14.5 Å². The fourth-order valence-electron chi connectivity index (χ4n) is 3.19. The number of amides is 1. The van der Waals surface area contributed by atoms with Gasteiger partial charge in [0.15, 0.2) is 0 Å². The van der Waals surface area contributed by atoms with Gasteiger partial charge in [-0.3, -0.25) is 10.1 Å². The predicted molar refractivity (Wildman–Crippen MR) is 92.1 cm³/mol. The first kappa shape index (κ1) is 17.6. The van der Waals surface area contributed by atoms with Gasteiger partial charge in [0.05, 0.1) is 0 Å². The van der Waals surface area contributed by atoms with E-state index >= 15 is 0 Å². The molecule has 2 atom stereocenters. The van der Waals surface area contributed by atoms with Crippen molar-refractivity contribution in [3.05, 3.63) is 23.4 Å². The second-order valence-electron chi connectivity index (χ2n) is 6.14. The molecule has 0 radical (unpaired) electrons. The molecule has 4 rings (SSSR count). The summed E-state index contributed by atoms with van der Waals surface area (Å²) >= 11 is 1.14. The number of thiophene rings is 1. The molecule has 2 unspecified atom stereocenters. The molecule has 2 aliphatic rings. The van der Waals surface area contributed by atoms with Crippen LogP contribution < -0.4 is 5.32 Å². The van der Waals surface area contributed by atoms with Crippen LogP contribution in [0.5, 0.6) is 0 Å². The Labute approximate surface area is 154 Å². The highest BCUT2D eigenvalue weighted by molar-refractivity contribution is 7.91. The van der Waals surface area contributed by atoms with E-state index in [4.69, 9.17) is 9.15 Å². The van der Waals surface area contributed by atoms with Crippen molar-refractivity contribution in [3.63, 3.8) is 0 Å². The van der Waals surface area contributed by atoms with Crippen molar-refractivity contribution in [2.24, 2.45) is 0 Å². The van der Waals surface area contributed by atoms with Gasteiger partial charge in [-0.15, -0.1) is 16.4 Å². The van der Waals surface area contributed by atoms with Crippen LogP contribution in [-0.2, 0) is 19.6 Å². The fraction of sp³-hybridized carbons (Fsp3) is 0.533. The van der Waals surface area contributed by atoms with Crippen LogP contribution in [0.3, 0.4) is 0 Å². The summed E-state index contributed by atoms with van der Waals surface area (Å²) in [5, 5.41) is 11.9. The molecule has 0 saturated carbocycles. The molecule has 1 amide bonds. The van der Waals surface area contributed by atoms with Gasteiger partial charge in [-0.2, -0.15) is 4.31 Å². The van der Waals surface area contributed by atoms with Gasteiger partial charge in [0.1, 0.15) is 16.4 Å². The van der Waals surface area contributed by atoms with E-state index in [1.54, 1.807) is 17.5 Å². The Balaban J connectivity index is 1.47. The number of anilines is 1. The molecule has 1 N–H and O–H groups in total. The SMILES string of the molecule is O=C(Nc1nnc(C2CCCO2)o1)C1CCCN1S(=O)(=O)c1cccs1. The summed E-state index contributed by atoms with van der Waals surface area (Å²) in [5.74, 6) is -0.141. The van der Waals surface area contributed by atoms with Gasteiger partial charge in [0.2, 0.25) is 11.8 Å². The van der Waals surface area contributed by atoms with Gasteiger partial charge in [0, 0.05) is 13.2 Å². The zero-order valence-corrected chi connectivity index (χ0v) is 15.5. The highest BCUT2D eigenvalue weighted by Gasteiger charge is 2.40. The summed E-state index contributed by atoms with van der Waals surface area (Å²) in [5.41, 5.74) is 0. The summed E-state index contributed by atoms with van der Waals surface area (Å²) in [7, 11) is -3.69. The lowest BCUT2D eigenvalue weighted by Crippen LogP contribution is -2.42. The quantitative estimate of drug-likeness (QED) is 0.816. The van der Waals surface area contributed by atoms with E-state index in [9.17, 15) is 13.2 Å². The summed E-state index contributed by atoms with van der Waals surface area (Å²) in [6.07, 6.45) is 2.55. The second kappa shape index (κ2) is 7.06. The molecule has 0 aromatic carbocycles. The largest absolute Gasteiger partial charge is 0.405 e. The Kier molecular flexibility index (Phi) is 4.78. The van der Waals surface area contributed by atoms with Crippen LogP contribution in [0.4, 0.5) is 6.01 Å². The van der Waals surface area contributed by atoms with E-state index in [0.717, 1.165) is 24.2 Å². The van der Waals surface area contributed by atoms with E-state index in [2.05, 4.69) is 15.5 Å². The van der Waals surface area contributed by atoms with Crippen molar-refractivity contribution >= 4 is 33.3 Å². The van der Waals surface area contributed by atoms with Crippen LogP contribution >= 0.6 is 11.3 Å². The lowest BCUT2D eigenvalue weighted by molar-refractivity contribution is -0.119. The van der Waals surface area contributed by atoms with Crippen LogP contribution in [0.25, 0.3) is 0 Å². The molecule has 26 heavy (non-hydrogen) atoms. The Morgan fingerprint density at radius 2 is 2.19 bits per heavy atom. The van der Waals surface area contributed by atoms with Gasteiger partial charge in [-0.1, -0.05) is 11.2 Å². The number of hydrogen-bond donors (Lipinski definition) is 1. The number of nitrogens with one attached hydrogen (secondary N) is 1. The number of sulfonamides is 1. The van der Waals surface area contributed by atoms with E-state index in [1.165, 1.54) is 4.31 Å². The standard InChI is InChI=1S/C15H18N4O5S2/c20-13(16-15-18-17-14(24-15)11-5-2-8-23-11)10-4-1-7-19(10)26(21,22)12-6-3-9-25-12/h3,6,9-11H,1-2,4-5,7-8H2,(H,16,18,20). The minimum Gasteiger partial charge on any atom is -0.405 e. The molecule has 2 saturated heterocycles. The zero-order valence-electron chi connectivity index (χ0n) is 13.8. The van der Waals surface area contributed by atoms with Crippen LogP contribution in [0, 0.1) is 0 Å². The number of aromatic nitrogens is 2. The first-order valence-electron chi connectivity index (χ1n) is 8.37. The van der Waals surface area contributed by atoms with Gasteiger partial charge >= 0.3 is 6.01 Å². The number of ether oxygens (including phenoxy) is 1. The Bertz CT molecular complexity index is 874. The molecular weight excluding hydrogens is 380 g/mol. The molecule has 2 aromatic rings. The highest BCUT2D eigenvalue weighted by Crippen LogP contribution is 2.30. The molecule has 4 heterocycles. The van der Waals surface area contributed by atoms with E-state index in [1.807, 2.05) is 0 Å². The molecule has 11 heteroatoms. The molecular formula is C15H18N4O5S2. The van der Waals surface area contributed by atoms with Crippen LogP contribution in [0.15, 0.2) is 26.1 Å². The van der Waals surface area contributed by atoms with E-state index in [-0.39, 0.29) is 16.3 Å². The van der Waals surface area contributed by atoms with Gasteiger partial charge in [-0.05, 0) is 37.1 Å². The summed E-state index contributed by atoms with van der Waals surface area (Å²) in [4.78, 5) is 12.6. The minimum absolute atomic E-state index is 0.0409. The Hall–Kier alpha value is -1.82. The molecule has 0 spiro atoms. The third kappa shape index (κ3) is 3.27. The number of hydrogen-bond acceptors (Lipinski definition) is 8. The van der Waals surface area contributed by atoms with Crippen LogP contribution in [-0.4, -0.2) is 48.0 Å². The van der Waals surface area contributed by atoms with Gasteiger partial charge < -0.3 is 9.15 Å². The number of nitrogens with zero attached hydrogens (tertiary/aromatic N) is 3. The van der Waals surface area contributed by atoms with Gasteiger partial charge in [0.25, 0.3) is 10.0 Å². The summed E-state index contributed by atoms with van der Waals surface area (Å²) < 4.78 is 37.8. The maximum atomic E-state index is 12.7. The normalized spacial score (nSPS) is 24.2. The lowest BCUT2D eigenvalue weighted by Gasteiger charge is -2.21. The predicted octanol–water partition coefficient (Wildman–Crippen LogP) is 1.77. The second-order valence-corrected chi connectivity index (χ2v) is 9.21. The fourth-order valence-corrected chi connectivity index (χ4v) is 5.97. The van der Waals surface area contributed by atoms with Crippen molar-refractivity contribution in [3.8, 4) is 0 Å². The third-order valence-corrected chi connectivity index (χ3v) is 7.72. The summed E-state index contributed by atoms with van der Waals surface area (Å²) in [6, 6.07) is 2.38. The van der Waals surface area contributed by atoms with Crippen LogP contribution in [0.2, 0.25) is 0 Å². The average Bonchev–Trinajstić information content (AvgIpc) is 3.42. The zero-order chi connectivity index (χ0) is 18.1. The third-order valence-electron chi connectivity index (χ3n) is 4.44. The Morgan fingerprint density at radius 1 is 1.31 bits per heavy atom. The molecule has 2 aliphatic heterocycles. The van der Waals surface area contributed by atoms with Crippen molar-refractivity contribution < 1.29 is 22.4 Å². The minimum atomic E-state index is -3.69. The Morgan fingerprint density at radius 3 is 2.92 bits per heavy atom. The lowest BCUT2D eigenvalue weighted by atomic mass is 10.2. The molecule has 9 nitrogen and oxygen atoms in total. The van der Waals surface area contributed by atoms with Crippen molar-refractivity contribution in [2.75, 3.05) is 18.5 Å². The van der Waals surface area contributed by atoms with Crippen molar-refractivity contribution in [1.29, 1.82) is 0 Å². The van der Waals surface area contributed by atoms with Crippen molar-refractivity contribution in [2.45, 2.75) is 42.0 Å². The first-order chi connectivity index (χ1) is 12.6. The highest BCUT2D eigenvalue weighted by atomic mass is 32.2. The smallest absolute Gasteiger partial charge is 0.322 e. The number of carbonyl (C=O) groups is 1. The first-order valence-corrected chi connectivity index (χ1v) is 10.7. The molecule has 2 aromatic heterocycles. The van der Waals surface area contributed by atoms with E-state index in [0.29, 0.717) is 31.9 Å². The van der Waals surface area contributed by atoms with Gasteiger partial charge in [-0.25, -0.2) is 8.42 Å².